The maximum Gasteiger partial charge on any atom is 0.261 e. The Labute approximate surface area is 172 Å². The minimum Gasteiger partial charge on any atom is -0.341 e. The van der Waals surface area contributed by atoms with Gasteiger partial charge in [0, 0.05) is 39.1 Å². The van der Waals surface area contributed by atoms with Gasteiger partial charge >= 0.3 is 0 Å². The van der Waals surface area contributed by atoms with Gasteiger partial charge in [-0.05, 0) is 43.9 Å². The summed E-state index contributed by atoms with van der Waals surface area (Å²) in [6.07, 6.45) is 7.99. The number of benzene rings is 1. The molecule has 6 heteroatoms. The van der Waals surface area contributed by atoms with Gasteiger partial charge < -0.3 is 9.80 Å². The Bertz CT molecular complexity index is 737. The van der Waals surface area contributed by atoms with Gasteiger partial charge in [0.2, 0.25) is 5.91 Å². The molecule has 6 nitrogen and oxygen atoms in total. The second-order valence-corrected chi connectivity index (χ2v) is 8.60. The highest BCUT2D eigenvalue weighted by Gasteiger charge is 2.35. The predicted molar refractivity (Wildman–Crippen MR) is 111 cm³/mol. The van der Waals surface area contributed by atoms with Crippen LogP contribution in [0, 0.1) is 5.92 Å². The summed E-state index contributed by atoms with van der Waals surface area (Å²) >= 11 is 0. The maximum absolute atomic E-state index is 12.7. The first-order valence-corrected chi connectivity index (χ1v) is 11.1. The van der Waals surface area contributed by atoms with E-state index >= 15 is 0 Å². The number of carbonyl (C=O) groups is 3. The molecule has 3 aliphatic rings. The highest BCUT2D eigenvalue weighted by Crippen LogP contribution is 2.25. The van der Waals surface area contributed by atoms with Crippen LogP contribution in [0.15, 0.2) is 24.3 Å². The second kappa shape index (κ2) is 9.08. The van der Waals surface area contributed by atoms with Gasteiger partial charge in [0.1, 0.15) is 0 Å². The Hall–Kier alpha value is -2.21. The molecule has 0 radical (unpaired) electrons. The Morgan fingerprint density at radius 1 is 0.862 bits per heavy atom. The van der Waals surface area contributed by atoms with Crippen molar-refractivity contribution in [2.75, 3.05) is 39.3 Å². The molecule has 1 saturated heterocycles. The van der Waals surface area contributed by atoms with Crippen molar-refractivity contribution in [2.24, 2.45) is 5.92 Å². The molecule has 29 heavy (non-hydrogen) atoms. The molecule has 1 aromatic carbocycles. The fraction of sp³-hybridized carbons (Fsp3) is 0.609. The molecule has 0 spiro atoms. The summed E-state index contributed by atoms with van der Waals surface area (Å²) in [6.45, 7) is 4.81. The first-order chi connectivity index (χ1) is 14.1. The monoisotopic (exact) mass is 397 g/mol. The normalized spacial score (nSPS) is 21.4. The van der Waals surface area contributed by atoms with Crippen LogP contribution in [-0.2, 0) is 4.79 Å². The van der Waals surface area contributed by atoms with Crippen molar-refractivity contribution in [1.29, 1.82) is 0 Å². The minimum atomic E-state index is -0.284. The molecule has 0 N–H and O–H groups in total. The molecule has 1 aliphatic carbocycles. The third kappa shape index (κ3) is 4.53. The van der Waals surface area contributed by atoms with Crippen LogP contribution < -0.4 is 0 Å². The van der Waals surface area contributed by atoms with E-state index in [-0.39, 0.29) is 30.7 Å². The molecule has 0 unspecified atom stereocenters. The SMILES string of the molecule is O=C(CCN1C(=O)c2ccccc2C1=O)N1CCCN(CC2CCCCC2)CC1. The summed E-state index contributed by atoms with van der Waals surface area (Å²) in [5.74, 6) is 0.293. The van der Waals surface area contributed by atoms with E-state index in [1.807, 2.05) is 4.90 Å². The molecule has 0 atom stereocenters. The first kappa shape index (κ1) is 20.1. The van der Waals surface area contributed by atoms with Crippen LogP contribution in [-0.4, -0.2) is 71.7 Å². The summed E-state index contributed by atoms with van der Waals surface area (Å²) in [6, 6.07) is 6.87. The van der Waals surface area contributed by atoms with Gasteiger partial charge in [-0.2, -0.15) is 0 Å². The number of carbonyl (C=O) groups excluding carboxylic acids is 3. The Balaban J connectivity index is 1.26. The fourth-order valence-electron chi connectivity index (χ4n) is 4.95. The van der Waals surface area contributed by atoms with Crippen molar-refractivity contribution in [3.05, 3.63) is 35.4 Å². The van der Waals surface area contributed by atoms with Gasteiger partial charge in [0.15, 0.2) is 0 Å². The van der Waals surface area contributed by atoms with Crippen LogP contribution in [0.4, 0.5) is 0 Å². The Morgan fingerprint density at radius 2 is 1.55 bits per heavy atom. The fourth-order valence-corrected chi connectivity index (χ4v) is 4.95. The molecule has 1 aromatic rings. The highest BCUT2D eigenvalue weighted by atomic mass is 16.2. The highest BCUT2D eigenvalue weighted by molar-refractivity contribution is 6.21. The standard InChI is InChI=1S/C23H31N3O3/c27-21(11-14-26-22(28)19-9-4-5-10-20(19)23(26)29)25-13-6-12-24(15-16-25)17-18-7-2-1-3-8-18/h4-5,9-10,18H,1-3,6-8,11-17H2. The number of amides is 3. The molecule has 2 aliphatic heterocycles. The molecule has 0 aromatic heterocycles. The number of fused-ring (bicyclic) bond motifs is 1. The zero-order valence-electron chi connectivity index (χ0n) is 17.1. The smallest absolute Gasteiger partial charge is 0.261 e. The summed E-state index contributed by atoms with van der Waals surface area (Å²) in [5.41, 5.74) is 0.885. The molecular weight excluding hydrogens is 366 g/mol. The lowest BCUT2D eigenvalue weighted by molar-refractivity contribution is -0.131. The van der Waals surface area contributed by atoms with E-state index in [9.17, 15) is 14.4 Å². The van der Waals surface area contributed by atoms with Crippen LogP contribution >= 0.6 is 0 Å². The first-order valence-electron chi connectivity index (χ1n) is 11.1. The van der Waals surface area contributed by atoms with E-state index in [0.29, 0.717) is 11.1 Å². The topological polar surface area (TPSA) is 60.9 Å². The third-order valence-electron chi connectivity index (χ3n) is 6.61. The van der Waals surface area contributed by atoms with Gasteiger partial charge in [0.25, 0.3) is 11.8 Å². The predicted octanol–water partition coefficient (Wildman–Crippen LogP) is 2.79. The lowest BCUT2D eigenvalue weighted by atomic mass is 9.89. The zero-order chi connectivity index (χ0) is 20.2. The molecule has 156 valence electrons. The number of nitrogens with zero attached hydrogens (tertiary/aromatic N) is 3. The van der Waals surface area contributed by atoms with Crippen molar-refractivity contribution in [3.63, 3.8) is 0 Å². The van der Waals surface area contributed by atoms with Gasteiger partial charge in [0.05, 0.1) is 11.1 Å². The van der Waals surface area contributed by atoms with E-state index in [4.69, 9.17) is 0 Å². The summed E-state index contributed by atoms with van der Waals surface area (Å²) in [4.78, 5) is 43.3. The third-order valence-corrected chi connectivity index (χ3v) is 6.61. The number of hydrogen-bond acceptors (Lipinski definition) is 4. The van der Waals surface area contributed by atoms with Crippen LogP contribution in [0.5, 0.6) is 0 Å². The van der Waals surface area contributed by atoms with Crippen molar-refractivity contribution in [1.82, 2.24) is 14.7 Å². The van der Waals surface area contributed by atoms with Gasteiger partial charge in [-0.1, -0.05) is 31.4 Å². The number of imide groups is 1. The average Bonchev–Trinajstić information content (AvgIpc) is 2.90. The largest absolute Gasteiger partial charge is 0.341 e. The van der Waals surface area contributed by atoms with E-state index in [1.54, 1.807) is 24.3 Å². The Morgan fingerprint density at radius 3 is 2.24 bits per heavy atom. The van der Waals surface area contributed by atoms with Gasteiger partial charge in [-0.25, -0.2) is 0 Å². The van der Waals surface area contributed by atoms with Crippen LogP contribution in [0.3, 0.4) is 0 Å². The lowest BCUT2D eigenvalue weighted by Gasteiger charge is -2.29. The van der Waals surface area contributed by atoms with Crippen LogP contribution in [0.1, 0.15) is 65.7 Å². The van der Waals surface area contributed by atoms with Crippen molar-refractivity contribution in [3.8, 4) is 0 Å². The zero-order valence-corrected chi connectivity index (χ0v) is 17.1. The van der Waals surface area contributed by atoms with E-state index in [2.05, 4.69) is 4.90 Å². The number of rotatable bonds is 5. The van der Waals surface area contributed by atoms with E-state index in [1.165, 1.54) is 37.0 Å². The summed E-state index contributed by atoms with van der Waals surface area (Å²) < 4.78 is 0. The Kier molecular flexibility index (Phi) is 6.28. The molecule has 2 heterocycles. The van der Waals surface area contributed by atoms with E-state index in [0.717, 1.165) is 45.1 Å². The average molecular weight is 398 g/mol. The molecule has 0 bridgehead atoms. The molecular formula is C23H31N3O3. The number of hydrogen-bond donors (Lipinski definition) is 0. The maximum atomic E-state index is 12.7. The summed E-state index contributed by atoms with van der Waals surface area (Å²) in [7, 11) is 0. The van der Waals surface area contributed by atoms with Crippen molar-refractivity contribution < 1.29 is 14.4 Å². The van der Waals surface area contributed by atoms with Gasteiger partial charge in [-0.3, -0.25) is 19.3 Å². The summed E-state index contributed by atoms with van der Waals surface area (Å²) in [5, 5.41) is 0. The van der Waals surface area contributed by atoms with Gasteiger partial charge in [-0.15, -0.1) is 0 Å². The quantitative estimate of drug-likeness (QED) is 0.717. The lowest BCUT2D eigenvalue weighted by Crippen LogP contribution is -2.39. The molecule has 1 saturated carbocycles. The van der Waals surface area contributed by atoms with E-state index < -0.39 is 0 Å². The van der Waals surface area contributed by atoms with Crippen molar-refractivity contribution in [2.45, 2.75) is 44.9 Å². The molecule has 3 amide bonds. The van der Waals surface area contributed by atoms with Crippen LogP contribution in [0.25, 0.3) is 0 Å². The second-order valence-electron chi connectivity index (χ2n) is 8.60. The van der Waals surface area contributed by atoms with Crippen molar-refractivity contribution >= 4 is 17.7 Å². The molecule has 4 rings (SSSR count). The molecule has 2 fully saturated rings. The minimum absolute atomic E-state index is 0.0427. The van der Waals surface area contributed by atoms with Crippen LogP contribution in [0.2, 0.25) is 0 Å².